The molecule has 4 heterocycles. The van der Waals surface area contributed by atoms with Crippen LogP contribution in [0.3, 0.4) is 0 Å². The second kappa shape index (κ2) is 8.35. The number of rotatable bonds is 5. The number of hydrogen-bond donors (Lipinski definition) is 3. The highest BCUT2D eigenvalue weighted by Gasteiger charge is 2.14. The van der Waals surface area contributed by atoms with Gasteiger partial charge in [0, 0.05) is 48.0 Å². The number of aromatic amines is 1. The topological polar surface area (TPSA) is 139 Å². The fraction of sp³-hybridized carbons (Fsp3) is 0.100. The Hall–Kier alpha value is -4.34. The molecule has 0 aliphatic heterocycles. The van der Waals surface area contributed by atoms with Crippen molar-refractivity contribution in [1.29, 1.82) is 0 Å². The maximum atomic E-state index is 11.9. The molecule has 150 valence electrons. The number of urea groups is 1. The third-order valence-electron chi connectivity index (χ3n) is 4.16. The van der Waals surface area contributed by atoms with Gasteiger partial charge in [0.25, 0.3) is 5.89 Å². The summed E-state index contributed by atoms with van der Waals surface area (Å²) in [5.74, 6) is -0.129. The number of hydrogen-bond acceptors (Lipinski definition) is 7. The van der Waals surface area contributed by atoms with Crippen LogP contribution in [0.2, 0.25) is 0 Å². The van der Waals surface area contributed by atoms with Crippen molar-refractivity contribution in [2.45, 2.75) is 6.92 Å². The van der Waals surface area contributed by atoms with E-state index in [4.69, 9.17) is 4.42 Å². The molecule has 0 spiro atoms. The minimum absolute atomic E-state index is 0.135. The van der Waals surface area contributed by atoms with Crippen molar-refractivity contribution in [1.82, 2.24) is 30.5 Å². The lowest BCUT2D eigenvalue weighted by molar-refractivity contribution is 0.252. The summed E-state index contributed by atoms with van der Waals surface area (Å²) >= 11 is 0. The van der Waals surface area contributed by atoms with Crippen LogP contribution in [0.25, 0.3) is 33.8 Å². The van der Waals surface area contributed by atoms with Crippen molar-refractivity contribution >= 4 is 11.8 Å². The monoisotopic (exact) mass is 403 g/mol. The molecule has 30 heavy (non-hydrogen) atoms. The molecule has 0 aliphatic rings. The molecule has 10 nitrogen and oxygen atoms in total. The molecule has 2 amide bonds. The fourth-order valence-corrected chi connectivity index (χ4v) is 2.87. The average Bonchev–Trinajstić information content (AvgIpc) is 3.21. The first-order chi connectivity index (χ1) is 14.6. The van der Waals surface area contributed by atoms with Gasteiger partial charge in [0.1, 0.15) is 5.82 Å². The molecule has 0 bridgehead atoms. The van der Waals surface area contributed by atoms with E-state index in [2.05, 4.69) is 35.8 Å². The van der Waals surface area contributed by atoms with E-state index in [-0.39, 0.29) is 11.9 Å². The molecule has 4 aromatic rings. The van der Waals surface area contributed by atoms with Gasteiger partial charge in [0.05, 0.1) is 11.3 Å². The van der Waals surface area contributed by atoms with Gasteiger partial charge in [-0.15, -0.1) is 5.10 Å². The van der Waals surface area contributed by atoms with Crippen LogP contribution in [-0.4, -0.2) is 37.7 Å². The van der Waals surface area contributed by atoms with Crippen LogP contribution in [0.4, 0.5) is 10.6 Å². The molecular formula is C20H17N7O3. The van der Waals surface area contributed by atoms with Gasteiger partial charge >= 0.3 is 11.8 Å². The SMILES string of the molecule is CCNC(=O)Nc1cc(-c2ccccn2)c(-c2cncc(-c3n[nH]c(=O)o3)c2)cn1. The van der Waals surface area contributed by atoms with E-state index in [1.54, 1.807) is 36.9 Å². The number of anilines is 1. The van der Waals surface area contributed by atoms with Crippen LogP contribution in [0.15, 0.2) is 64.3 Å². The lowest BCUT2D eigenvalue weighted by Gasteiger charge is -2.12. The number of nitrogens with zero attached hydrogens (tertiary/aromatic N) is 4. The smallest absolute Gasteiger partial charge is 0.388 e. The van der Waals surface area contributed by atoms with Crippen LogP contribution >= 0.6 is 0 Å². The van der Waals surface area contributed by atoms with Crippen LogP contribution in [0, 0.1) is 0 Å². The van der Waals surface area contributed by atoms with Gasteiger partial charge in [-0.3, -0.25) is 15.3 Å². The van der Waals surface area contributed by atoms with Gasteiger partial charge in [-0.25, -0.2) is 19.7 Å². The maximum absolute atomic E-state index is 11.9. The van der Waals surface area contributed by atoms with Gasteiger partial charge in [0.15, 0.2) is 0 Å². The quantitative estimate of drug-likeness (QED) is 0.465. The number of pyridine rings is 3. The molecule has 0 atom stereocenters. The fourth-order valence-electron chi connectivity index (χ4n) is 2.87. The Labute approximate surface area is 170 Å². The van der Waals surface area contributed by atoms with E-state index >= 15 is 0 Å². The Morgan fingerprint density at radius 1 is 1.10 bits per heavy atom. The second-order valence-corrected chi connectivity index (χ2v) is 6.20. The van der Waals surface area contributed by atoms with Crippen molar-refractivity contribution in [3.63, 3.8) is 0 Å². The molecule has 4 aromatic heterocycles. The molecule has 10 heteroatoms. The van der Waals surface area contributed by atoms with Gasteiger partial charge in [-0.2, -0.15) is 0 Å². The van der Waals surface area contributed by atoms with E-state index in [9.17, 15) is 9.59 Å². The summed E-state index contributed by atoms with van der Waals surface area (Å²) in [6.45, 7) is 2.33. The molecule has 0 unspecified atom stereocenters. The van der Waals surface area contributed by atoms with Gasteiger partial charge in [-0.1, -0.05) is 6.07 Å². The Bertz CT molecular complexity index is 1230. The van der Waals surface area contributed by atoms with Gasteiger partial charge in [0.2, 0.25) is 0 Å². The number of H-pyrrole nitrogens is 1. The minimum atomic E-state index is -0.646. The number of nitrogens with one attached hydrogen (secondary N) is 3. The zero-order valence-electron chi connectivity index (χ0n) is 15.9. The minimum Gasteiger partial charge on any atom is -0.388 e. The highest BCUT2D eigenvalue weighted by atomic mass is 16.4. The van der Waals surface area contributed by atoms with Crippen LogP contribution in [0.1, 0.15) is 6.92 Å². The Morgan fingerprint density at radius 3 is 2.70 bits per heavy atom. The first kappa shape index (κ1) is 19.0. The van der Waals surface area contributed by atoms with E-state index < -0.39 is 5.76 Å². The summed E-state index contributed by atoms with van der Waals surface area (Å²) in [4.78, 5) is 36.2. The molecule has 0 aliphatic carbocycles. The number of carbonyl (C=O) groups is 1. The maximum Gasteiger partial charge on any atom is 0.434 e. The Morgan fingerprint density at radius 2 is 1.97 bits per heavy atom. The zero-order chi connectivity index (χ0) is 20.9. The highest BCUT2D eigenvalue weighted by molar-refractivity contribution is 5.91. The molecule has 0 saturated heterocycles. The lowest BCUT2D eigenvalue weighted by atomic mass is 9.99. The van der Waals surface area contributed by atoms with Crippen molar-refractivity contribution < 1.29 is 9.21 Å². The van der Waals surface area contributed by atoms with Crippen LogP contribution < -0.4 is 16.4 Å². The van der Waals surface area contributed by atoms with Crippen molar-refractivity contribution in [2.75, 3.05) is 11.9 Å². The summed E-state index contributed by atoms with van der Waals surface area (Å²) in [6.07, 6.45) is 6.52. The second-order valence-electron chi connectivity index (χ2n) is 6.20. The first-order valence-corrected chi connectivity index (χ1v) is 9.11. The first-order valence-electron chi connectivity index (χ1n) is 9.11. The third kappa shape index (κ3) is 4.07. The molecule has 0 aromatic carbocycles. The van der Waals surface area contributed by atoms with Crippen LogP contribution in [-0.2, 0) is 0 Å². The van der Waals surface area contributed by atoms with Gasteiger partial charge in [-0.05, 0) is 31.2 Å². The van der Waals surface area contributed by atoms with Crippen molar-refractivity contribution in [2.24, 2.45) is 0 Å². The highest BCUT2D eigenvalue weighted by Crippen LogP contribution is 2.33. The van der Waals surface area contributed by atoms with E-state index in [0.717, 1.165) is 16.7 Å². The van der Waals surface area contributed by atoms with Crippen molar-refractivity contribution in [3.05, 3.63) is 65.7 Å². The molecular weight excluding hydrogens is 386 g/mol. The molecule has 0 saturated carbocycles. The number of aromatic nitrogens is 5. The van der Waals surface area contributed by atoms with E-state index in [1.165, 1.54) is 0 Å². The molecule has 3 N–H and O–H groups in total. The summed E-state index contributed by atoms with van der Waals surface area (Å²) in [5, 5.41) is 11.4. The normalized spacial score (nSPS) is 10.6. The molecule has 0 fully saturated rings. The Kier molecular flexibility index (Phi) is 5.29. The summed E-state index contributed by atoms with van der Waals surface area (Å²) < 4.78 is 5.02. The number of amides is 2. The summed E-state index contributed by atoms with van der Waals surface area (Å²) in [5.41, 5.74) is 3.44. The standard InChI is InChI=1S/C20H17N7O3/c1-2-22-19(28)25-17-8-14(16-5-3-4-6-23-16)15(11-24-17)12-7-13(10-21-9-12)18-26-27-20(29)30-18/h3-11H,2H2,1H3,(H,27,29)(H2,22,24,25,28). The largest absolute Gasteiger partial charge is 0.434 e. The van der Waals surface area contributed by atoms with E-state index in [0.29, 0.717) is 23.6 Å². The van der Waals surface area contributed by atoms with Crippen LogP contribution in [0.5, 0.6) is 0 Å². The summed E-state index contributed by atoms with van der Waals surface area (Å²) in [7, 11) is 0. The zero-order valence-corrected chi connectivity index (χ0v) is 15.9. The molecule has 4 rings (SSSR count). The van der Waals surface area contributed by atoms with E-state index in [1.807, 2.05) is 25.1 Å². The third-order valence-corrected chi connectivity index (χ3v) is 4.16. The van der Waals surface area contributed by atoms with Gasteiger partial charge < -0.3 is 9.73 Å². The average molecular weight is 403 g/mol. The predicted molar refractivity (Wildman–Crippen MR) is 110 cm³/mol. The summed E-state index contributed by atoms with van der Waals surface area (Å²) in [6, 6.07) is 8.73. The predicted octanol–water partition coefficient (Wildman–Crippen LogP) is 2.69. The molecule has 0 radical (unpaired) electrons. The lowest BCUT2D eigenvalue weighted by Crippen LogP contribution is -2.28. The van der Waals surface area contributed by atoms with Crippen molar-refractivity contribution in [3.8, 4) is 33.8 Å². The number of carbonyl (C=O) groups excluding carboxylic acids is 1. The Balaban J connectivity index is 1.79.